The normalized spacial score (nSPS) is 10.5. The number of methoxy groups -OCH3 is 1. The number of fused-ring (bicyclic) bond motifs is 1. The molecule has 1 aromatic carbocycles. The molecular weight excluding hydrogens is 192 g/mol. The molecule has 0 spiro atoms. The minimum atomic E-state index is 0.121. The van der Waals surface area contributed by atoms with Gasteiger partial charge in [0, 0.05) is 23.4 Å². The molecule has 0 N–H and O–H groups in total. The molecule has 3 heteroatoms. The molecule has 0 saturated heterocycles. The molecule has 0 aliphatic heterocycles. The third-order valence-electron chi connectivity index (χ3n) is 2.29. The van der Waals surface area contributed by atoms with E-state index < -0.39 is 0 Å². The van der Waals surface area contributed by atoms with E-state index in [1.165, 1.54) is 0 Å². The lowest BCUT2D eigenvalue weighted by molar-refractivity contribution is -0.116. The summed E-state index contributed by atoms with van der Waals surface area (Å²) in [5.41, 5.74) is 1.68. The van der Waals surface area contributed by atoms with Crippen LogP contribution in [-0.2, 0) is 11.2 Å². The molecule has 0 aliphatic carbocycles. The summed E-state index contributed by atoms with van der Waals surface area (Å²) in [5.74, 6) is 0.823. The first-order chi connectivity index (χ1) is 7.20. The molecule has 0 atom stereocenters. The van der Waals surface area contributed by atoms with Crippen molar-refractivity contribution in [2.75, 3.05) is 7.11 Å². The summed E-state index contributed by atoms with van der Waals surface area (Å²) in [6, 6.07) is 5.62. The Hall–Kier alpha value is -1.77. The zero-order chi connectivity index (χ0) is 10.8. The number of ether oxygens (including phenoxy) is 1. The molecule has 78 valence electrons. The number of benzene rings is 1. The molecule has 1 aromatic heterocycles. The van der Waals surface area contributed by atoms with Gasteiger partial charge in [-0.2, -0.15) is 0 Å². The molecule has 15 heavy (non-hydrogen) atoms. The molecule has 0 radical (unpaired) electrons. The Kier molecular flexibility index (Phi) is 2.46. The van der Waals surface area contributed by atoms with E-state index in [4.69, 9.17) is 9.15 Å². The van der Waals surface area contributed by atoms with E-state index in [9.17, 15) is 4.79 Å². The molecule has 0 saturated carbocycles. The maximum atomic E-state index is 11.1. The molecule has 3 nitrogen and oxygen atoms in total. The number of ketones is 1. The maximum Gasteiger partial charge on any atom is 0.137 e. The lowest BCUT2D eigenvalue weighted by Crippen LogP contribution is -1.99. The second kappa shape index (κ2) is 3.77. The SMILES string of the molecule is COc1cc2occc2cc1CC(C)=O. The van der Waals surface area contributed by atoms with Crippen LogP contribution in [0.1, 0.15) is 12.5 Å². The average molecular weight is 204 g/mol. The first kappa shape index (κ1) is 9.77. The number of carbonyl (C=O) groups excluding carboxylic acids is 1. The van der Waals surface area contributed by atoms with Gasteiger partial charge in [-0.15, -0.1) is 0 Å². The topological polar surface area (TPSA) is 39.4 Å². The van der Waals surface area contributed by atoms with Crippen LogP contribution >= 0.6 is 0 Å². The summed E-state index contributed by atoms with van der Waals surface area (Å²) >= 11 is 0. The van der Waals surface area contributed by atoms with E-state index in [1.54, 1.807) is 20.3 Å². The minimum absolute atomic E-state index is 0.121. The van der Waals surface area contributed by atoms with Crippen molar-refractivity contribution in [3.63, 3.8) is 0 Å². The molecule has 0 amide bonds. The molecule has 2 aromatic rings. The molecule has 0 aliphatic rings. The molecule has 0 fully saturated rings. The van der Waals surface area contributed by atoms with Gasteiger partial charge >= 0.3 is 0 Å². The summed E-state index contributed by atoms with van der Waals surface area (Å²) in [5, 5.41) is 0.993. The Bertz CT molecular complexity index is 497. The van der Waals surface area contributed by atoms with Crippen molar-refractivity contribution in [2.45, 2.75) is 13.3 Å². The summed E-state index contributed by atoms with van der Waals surface area (Å²) in [6.07, 6.45) is 2.02. The molecule has 2 rings (SSSR count). The monoisotopic (exact) mass is 204 g/mol. The molecular formula is C12H12O3. The average Bonchev–Trinajstić information content (AvgIpc) is 2.62. The van der Waals surface area contributed by atoms with Gasteiger partial charge in [-0.3, -0.25) is 4.79 Å². The molecule has 1 heterocycles. The van der Waals surface area contributed by atoms with Crippen LogP contribution in [0.25, 0.3) is 11.0 Å². The zero-order valence-corrected chi connectivity index (χ0v) is 8.74. The molecule has 0 unspecified atom stereocenters. The predicted octanol–water partition coefficient (Wildman–Crippen LogP) is 2.57. The van der Waals surface area contributed by atoms with Gasteiger partial charge in [0.1, 0.15) is 17.1 Å². The van der Waals surface area contributed by atoms with Crippen molar-refractivity contribution in [3.8, 4) is 5.75 Å². The van der Waals surface area contributed by atoms with E-state index >= 15 is 0 Å². The van der Waals surface area contributed by atoms with Crippen LogP contribution in [-0.4, -0.2) is 12.9 Å². The highest BCUT2D eigenvalue weighted by Gasteiger charge is 2.08. The van der Waals surface area contributed by atoms with E-state index in [2.05, 4.69) is 0 Å². The van der Waals surface area contributed by atoms with E-state index in [1.807, 2.05) is 18.2 Å². The van der Waals surface area contributed by atoms with Crippen molar-refractivity contribution in [1.29, 1.82) is 0 Å². The van der Waals surface area contributed by atoms with Crippen LogP contribution in [0.3, 0.4) is 0 Å². The fourth-order valence-electron chi connectivity index (χ4n) is 1.63. The lowest BCUT2D eigenvalue weighted by atomic mass is 10.1. The van der Waals surface area contributed by atoms with Crippen LogP contribution in [0.5, 0.6) is 5.75 Å². The van der Waals surface area contributed by atoms with Crippen LogP contribution in [0, 0.1) is 0 Å². The van der Waals surface area contributed by atoms with Crippen LogP contribution in [0.15, 0.2) is 28.9 Å². The van der Waals surface area contributed by atoms with Gasteiger partial charge in [0.15, 0.2) is 0 Å². The standard InChI is InChI=1S/C12H12O3/c1-8(13)5-10-6-9-3-4-15-12(9)7-11(10)14-2/h3-4,6-7H,5H2,1-2H3. The third-order valence-corrected chi connectivity index (χ3v) is 2.29. The Balaban J connectivity index is 2.54. The van der Waals surface area contributed by atoms with Crippen molar-refractivity contribution in [1.82, 2.24) is 0 Å². The maximum absolute atomic E-state index is 11.1. The first-order valence-corrected chi connectivity index (χ1v) is 4.74. The quantitative estimate of drug-likeness (QED) is 0.771. The second-order valence-electron chi connectivity index (χ2n) is 3.50. The Morgan fingerprint density at radius 1 is 1.47 bits per heavy atom. The van der Waals surface area contributed by atoms with Crippen molar-refractivity contribution >= 4 is 16.8 Å². The van der Waals surface area contributed by atoms with Crippen LogP contribution < -0.4 is 4.74 Å². The van der Waals surface area contributed by atoms with Gasteiger partial charge in [-0.1, -0.05) is 0 Å². The van der Waals surface area contributed by atoms with Gasteiger partial charge in [-0.05, 0) is 19.1 Å². The smallest absolute Gasteiger partial charge is 0.137 e. The first-order valence-electron chi connectivity index (χ1n) is 4.74. The number of Topliss-reactive ketones (excluding diaryl/α,β-unsaturated/α-hetero) is 1. The lowest BCUT2D eigenvalue weighted by Gasteiger charge is -2.06. The van der Waals surface area contributed by atoms with Gasteiger partial charge in [0.2, 0.25) is 0 Å². The van der Waals surface area contributed by atoms with Crippen molar-refractivity contribution in [3.05, 3.63) is 30.0 Å². The number of hydrogen-bond donors (Lipinski definition) is 0. The zero-order valence-electron chi connectivity index (χ0n) is 8.74. The fraction of sp³-hybridized carbons (Fsp3) is 0.250. The summed E-state index contributed by atoms with van der Waals surface area (Å²) < 4.78 is 10.5. The summed E-state index contributed by atoms with van der Waals surface area (Å²) in [7, 11) is 1.59. The van der Waals surface area contributed by atoms with Crippen LogP contribution in [0.2, 0.25) is 0 Å². The number of furan rings is 1. The number of rotatable bonds is 3. The van der Waals surface area contributed by atoms with Gasteiger partial charge in [0.25, 0.3) is 0 Å². The van der Waals surface area contributed by atoms with Crippen LogP contribution in [0.4, 0.5) is 0 Å². The number of carbonyl (C=O) groups is 1. The highest BCUT2D eigenvalue weighted by Crippen LogP contribution is 2.27. The summed E-state index contributed by atoms with van der Waals surface area (Å²) in [4.78, 5) is 11.1. The fourth-order valence-corrected chi connectivity index (χ4v) is 1.63. The third kappa shape index (κ3) is 1.86. The predicted molar refractivity (Wildman–Crippen MR) is 57.2 cm³/mol. The van der Waals surface area contributed by atoms with E-state index in [0.29, 0.717) is 12.2 Å². The Morgan fingerprint density at radius 2 is 2.27 bits per heavy atom. The molecule has 0 bridgehead atoms. The second-order valence-corrected chi connectivity index (χ2v) is 3.50. The van der Waals surface area contributed by atoms with Gasteiger partial charge < -0.3 is 9.15 Å². The van der Waals surface area contributed by atoms with E-state index in [-0.39, 0.29) is 5.78 Å². The Morgan fingerprint density at radius 3 is 2.93 bits per heavy atom. The minimum Gasteiger partial charge on any atom is -0.496 e. The summed E-state index contributed by atoms with van der Waals surface area (Å²) in [6.45, 7) is 1.57. The van der Waals surface area contributed by atoms with E-state index in [0.717, 1.165) is 16.5 Å². The Labute approximate surface area is 87.6 Å². The van der Waals surface area contributed by atoms with Crippen molar-refractivity contribution < 1.29 is 13.9 Å². The van der Waals surface area contributed by atoms with Crippen molar-refractivity contribution in [2.24, 2.45) is 0 Å². The van der Waals surface area contributed by atoms with Gasteiger partial charge in [-0.25, -0.2) is 0 Å². The highest BCUT2D eigenvalue weighted by molar-refractivity contribution is 5.84. The number of hydrogen-bond acceptors (Lipinski definition) is 3. The largest absolute Gasteiger partial charge is 0.496 e. The van der Waals surface area contributed by atoms with Gasteiger partial charge in [0.05, 0.1) is 13.4 Å². The highest BCUT2D eigenvalue weighted by atomic mass is 16.5.